The van der Waals surface area contributed by atoms with Crippen LogP contribution in [0.1, 0.15) is 21.5 Å². The minimum Gasteiger partial charge on any atom is -0.321 e. The molecular weight excluding hydrogens is 418 g/mol. The first-order valence-electron chi connectivity index (χ1n) is 9.23. The Bertz CT molecular complexity index is 1160. The number of nitro benzene ring substituents is 1. The standard InChI is InChI=1S/C23H18ClN3O4/c1-15-6-10-17(11-7-15)25-23(29)21(14-16-8-12-18(13-9-16)27(30)31)26-22(28)19-4-2-3-5-20(19)24/h2-14H,1H3,(H,25,29)(H,26,28)/b21-14+. The number of non-ortho nitro benzene ring substituents is 1. The molecule has 0 aliphatic heterocycles. The average Bonchev–Trinajstić information content (AvgIpc) is 2.75. The van der Waals surface area contributed by atoms with Gasteiger partial charge in [-0.15, -0.1) is 0 Å². The molecule has 3 rings (SSSR count). The number of rotatable bonds is 6. The summed E-state index contributed by atoms with van der Waals surface area (Å²) in [5.41, 5.74) is 2.17. The lowest BCUT2D eigenvalue weighted by molar-refractivity contribution is -0.384. The highest BCUT2D eigenvalue weighted by Crippen LogP contribution is 2.18. The lowest BCUT2D eigenvalue weighted by atomic mass is 10.1. The Morgan fingerprint density at radius 1 is 0.968 bits per heavy atom. The van der Waals surface area contributed by atoms with Crippen molar-refractivity contribution in [3.05, 3.63) is 110 Å². The van der Waals surface area contributed by atoms with Gasteiger partial charge in [0.2, 0.25) is 0 Å². The molecule has 7 nitrogen and oxygen atoms in total. The summed E-state index contributed by atoms with van der Waals surface area (Å²) in [4.78, 5) is 35.9. The zero-order chi connectivity index (χ0) is 22.4. The van der Waals surface area contributed by atoms with Crippen LogP contribution < -0.4 is 10.6 Å². The van der Waals surface area contributed by atoms with Crippen molar-refractivity contribution in [1.82, 2.24) is 5.32 Å². The molecule has 0 bridgehead atoms. The molecule has 8 heteroatoms. The van der Waals surface area contributed by atoms with E-state index in [0.717, 1.165) is 5.56 Å². The number of hydrogen-bond acceptors (Lipinski definition) is 4. The van der Waals surface area contributed by atoms with Gasteiger partial charge in [0.15, 0.2) is 0 Å². The number of nitrogens with one attached hydrogen (secondary N) is 2. The number of halogens is 1. The van der Waals surface area contributed by atoms with Gasteiger partial charge in [-0.1, -0.05) is 41.4 Å². The molecule has 0 radical (unpaired) electrons. The van der Waals surface area contributed by atoms with Crippen LogP contribution in [0.15, 0.2) is 78.5 Å². The van der Waals surface area contributed by atoms with Gasteiger partial charge in [0.25, 0.3) is 17.5 Å². The molecule has 0 aliphatic rings. The fourth-order valence-electron chi connectivity index (χ4n) is 2.69. The Morgan fingerprint density at radius 3 is 2.23 bits per heavy atom. The zero-order valence-corrected chi connectivity index (χ0v) is 17.2. The molecule has 31 heavy (non-hydrogen) atoms. The van der Waals surface area contributed by atoms with Crippen molar-refractivity contribution in [2.45, 2.75) is 6.92 Å². The molecule has 2 amide bonds. The molecule has 0 aliphatic carbocycles. The van der Waals surface area contributed by atoms with Crippen LogP contribution in [0.5, 0.6) is 0 Å². The smallest absolute Gasteiger partial charge is 0.272 e. The van der Waals surface area contributed by atoms with Crippen LogP contribution in [-0.4, -0.2) is 16.7 Å². The second kappa shape index (κ2) is 9.69. The average molecular weight is 436 g/mol. The van der Waals surface area contributed by atoms with Crippen LogP contribution in [0.2, 0.25) is 5.02 Å². The van der Waals surface area contributed by atoms with Crippen molar-refractivity contribution in [2.24, 2.45) is 0 Å². The van der Waals surface area contributed by atoms with Gasteiger partial charge in [-0.3, -0.25) is 19.7 Å². The lowest BCUT2D eigenvalue weighted by Crippen LogP contribution is -2.30. The maximum absolute atomic E-state index is 12.9. The first-order chi connectivity index (χ1) is 14.8. The molecule has 0 aromatic heterocycles. The normalized spacial score (nSPS) is 11.0. The van der Waals surface area contributed by atoms with Gasteiger partial charge >= 0.3 is 0 Å². The van der Waals surface area contributed by atoms with Gasteiger partial charge in [-0.2, -0.15) is 0 Å². The van der Waals surface area contributed by atoms with Gasteiger partial charge in [0, 0.05) is 17.8 Å². The van der Waals surface area contributed by atoms with Crippen molar-refractivity contribution in [2.75, 3.05) is 5.32 Å². The predicted molar refractivity (Wildman–Crippen MR) is 120 cm³/mol. The highest BCUT2D eigenvalue weighted by molar-refractivity contribution is 6.34. The number of anilines is 1. The first-order valence-corrected chi connectivity index (χ1v) is 9.61. The van der Waals surface area contributed by atoms with E-state index in [1.165, 1.54) is 30.3 Å². The Labute approximate surface area is 183 Å². The molecular formula is C23H18ClN3O4. The van der Waals surface area contributed by atoms with Crippen LogP contribution >= 0.6 is 11.6 Å². The van der Waals surface area contributed by atoms with Crippen LogP contribution in [0.3, 0.4) is 0 Å². The molecule has 3 aromatic carbocycles. The highest BCUT2D eigenvalue weighted by Gasteiger charge is 2.17. The predicted octanol–water partition coefficient (Wildman–Crippen LogP) is 4.97. The molecule has 0 heterocycles. The molecule has 3 aromatic rings. The van der Waals surface area contributed by atoms with Crippen LogP contribution in [0, 0.1) is 17.0 Å². The minimum absolute atomic E-state index is 0.0423. The molecule has 0 fully saturated rings. The molecule has 2 N–H and O–H groups in total. The summed E-state index contributed by atoms with van der Waals surface area (Å²) in [5.74, 6) is -1.11. The van der Waals surface area contributed by atoms with E-state index in [9.17, 15) is 19.7 Å². The van der Waals surface area contributed by atoms with Gasteiger partial charge in [0.1, 0.15) is 5.70 Å². The number of amides is 2. The third-order valence-corrected chi connectivity index (χ3v) is 4.67. The van der Waals surface area contributed by atoms with Crippen molar-refractivity contribution in [1.29, 1.82) is 0 Å². The van der Waals surface area contributed by atoms with Crippen molar-refractivity contribution >= 4 is 40.9 Å². The van der Waals surface area contributed by atoms with Crippen molar-refractivity contribution < 1.29 is 14.5 Å². The van der Waals surface area contributed by atoms with Crippen molar-refractivity contribution in [3.63, 3.8) is 0 Å². The summed E-state index contributed by atoms with van der Waals surface area (Å²) >= 11 is 6.09. The quantitative estimate of drug-likeness (QED) is 0.324. The number of nitro groups is 1. The molecule has 0 unspecified atom stereocenters. The number of aryl methyl sites for hydroxylation is 1. The summed E-state index contributed by atoms with van der Waals surface area (Å²) in [6, 6.07) is 19.2. The Hall–Kier alpha value is -3.97. The third-order valence-electron chi connectivity index (χ3n) is 4.34. The number of hydrogen-bond donors (Lipinski definition) is 2. The zero-order valence-electron chi connectivity index (χ0n) is 16.5. The highest BCUT2D eigenvalue weighted by atomic mass is 35.5. The molecule has 0 atom stereocenters. The number of nitrogens with zero attached hydrogens (tertiary/aromatic N) is 1. The van der Waals surface area contributed by atoms with Gasteiger partial charge in [0.05, 0.1) is 15.5 Å². The monoisotopic (exact) mass is 435 g/mol. The topological polar surface area (TPSA) is 101 Å². The molecule has 0 spiro atoms. The third kappa shape index (κ3) is 5.77. The van der Waals surface area contributed by atoms with Gasteiger partial charge in [-0.05, 0) is 55.0 Å². The summed E-state index contributed by atoms with van der Waals surface area (Å²) in [5, 5.41) is 16.4. The molecule has 0 saturated carbocycles. The summed E-state index contributed by atoms with van der Waals surface area (Å²) in [6.07, 6.45) is 1.43. The van der Waals surface area contributed by atoms with E-state index in [2.05, 4.69) is 10.6 Å². The number of carbonyl (C=O) groups excluding carboxylic acids is 2. The van der Waals surface area contributed by atoms with Gasteiger partial charge in [-0.25, -0.2) is 0 Å². The minimum atomic E-state index is -0.558. The van der Waals surface area contributed by atoms with E-state index in [0.29, 0.717) is 11.3 Å². The fourth-order valence-corrected chi connectivity index (χ4v) is 2.91. The second-order valence-corrected chi connectivity index (χ2v) is 7.07. The van der Waals surface area contributed by atoms with E-state index >= 15 is 0 Å². The fraction of sp³-hybridized carbons (Fsp3) is 0.0435. The van der Waals surface area contributed by atoms with E-state index in [-0.39, 0.29) is 22.0 Å². The first kappa shape index (κ1) is 21.7. The summed E-state index contributed by atoms with van der Waals surface area (Å²) in [6.45, 7) is 1.93. The van der Waals surface area contributed by atoms with E-state index in [1.807, 2.05) is 19.1 Å². The van der Waals surface area contributed by atoms with E-state index in [4.69, 9.17) is 11.6 Å². The Balaban J connectivity index is 1.91. The number of carbonyl (C=O) groups is 2. The largest absolute Gasteiger partial charge is 0.321 e. The Kier molecular flexibility index (Phi) is 6.79. The molecule has 0 saturated heterocycles. The Morgan fingerprint density at radius 2 is 1.61 bits per heavy atom. The number of benzene rings is 3. The van der Waals surface area contributed by atoms with Crippen LogP contribution in [0.4, 0.5) is 11.4 Å². The lowest BCUT2D eigenvalue weighted by Gasteiger charge is -2.12. The van der Waals surface area contributed by atoms with Gasteiger partial charge < -0.3 is 10.6 Å². The van der Waals surface area contributed by atoms with Crippen molar-refractivity contribution in [3.8, 4) is 0 Å². The summed E-state index contributed by atoms with van der Waals surface area (Å²) in [7, 11) is 0. The molecule has 156 valence electrons. The van der Waals surface area contributed by atoms with Crippen LogP contribution in [-0.2, 0) is 4.79 Å². The maximum Gasteiger partial charge on any atom is 0.272 e. The second-order valence-electron chi connectivity index (χ2n) is 6.66. The maximum atomic E-state index is 12.9. The van der Waals surface area contributed by atoms with Crippen LogP contribution in [0.25, 0.3) is 6.08 Å². The van der Waals surface area contributed by atoms with E-state index < -0.39 is 16.7 Å². The van der Waals surface area contributed by atoms with E-state index in [1.54, 1.807) is 36.4 Å². The SMILES string of the molecule is Cc1ccc(NC(=O)/C(=C\c2ccc([N+](=O)[O-])cc2)NC(=O)c2ccccc2Cl)cc1. The summed E-state index contributed by atoms with van der Waals surface area (Å²) < 4.78 is 0.